The van der Waals surface area contributed by atoms with E-state index in [0.29, 0.717) is 5.92 Å². The van der Waals surface area contributed by atoms with Crippen LogP contribution in [0.1, 0.15) is 27.7 Å². The van der Waals surface area contributed by atoms with Crippen molar-refractivity contribution < 1.29 is 0 Å². The van der Waals surface area contributed by atoms with Gasteiger partial charge in [-0.3, -0.25) is 0 Å². The van der Waals surface area contributed by atoms with Crippen molar-refractivity contribution in [2.45, 2.75) is 27.7 Å². The summed E-state index contributed by atoms with van der Waals surface area (Å²) in [5.41, 5.74) is 7.15. The third kappa shape index (κ3) is 2.26. The lowest BCUT2D eigenvalue weighted by Gasteiger charge is -2.07. The number of rotatable bonds is 2. The van der Waals surface area contributed by atoms with Crippen LogP contribution in [0, 0.1) is 5.92 Å². The van der Waals surface area contributed by atoms with Crippen molar-refractivity contribution in [1.29, 1.82) is 0 Å². The molecule has 0 heteroatoms. The molecule has 0 N–H and O–H groups in total. The third-order valence-electron chi connectivity index (χ3n) is 3.96. The monoisotopic (exact) mass is 224 g/mol. The van der Waals surface area contributed by atoms with Crippen molar-refractivity contribution in [3.63, 3.8) is 0 Å². The molecule has 0 saturated heterocycles. The van der Waals surface area contributed by atoms with Gasteiger partial charge in [-0.15, -0.1) is 0 Å². The molecule has 0 aliphatic heterocycles. The van der Waals surface area contributed by atoms with Crippen LogP contribution in [-0.4, -0.2) is 0 Å². The fourth-order valence-electron chi connectivity index (χ4n) is 2.43. The van der Waals surface area contributed by atoms with Gasteiger partial charge < -0.3 is 0 Å². The average Bonchev–Trinajstić information content (AvgIpc) is 2.89. The predicted octanol–water partition coefficient (Wildman–Crippen LogP) is 4.90. The van der Waals surface area contributed by atoms with Gasteiger partial charge in [-0.05, 0) is 43.1 Å². The average molecular weight is 224 g/mol. The number of allylic oxidation sites excluding steroid dienone is 12. The zero-order chi connectivity index (χ0) is 12.4. The standard InChI is InChI=1S/C17H20/c1-12-13(2)15(4)17(14(12)3)11-7-10-16-8-5-6-9-16/h5-11,14H,1-4H3/b11-7+. The van der Waals surface area contributed by atoms with Crippen LogP contribution in [-0.2, 0) is 0 Å². The van der Waals surface area contributed by atoms with E-state index in [2.05, 4.69) is 70.2 Å². The van der Waals surface area contributed by atoms with Crippen molar-refractivity contribution in [3.05, 3.63) is 70.4 Å². The Kier molecular flexibility index (Phi) is 3.33. The summed E-state index contributed by atoms with van der Waals surface area (Å²) >= 11 is 0. The van der Waals surface area contributed by atoms with Crippen LogP contribution >= 0.6 is 0 Å². The van der Waals surface area contributed by atoms with E-state index in [1.54, 1.807) is 0 Å². The Morgan fingerprint density at radius 3 is 2.18 bits per heavy atom. The molecule has 0 fully saturated rings. The molecule has 0 aromatic heterocycles. The Morgan fingerprint density at radius 1 is 1.00 bits per heavy atom. The first-order valence-corrected chi connectivity index (χ1v) is 6.23. The van der Waals surface area contributed by atoms with E-state index in [4.69, 9.17) is 0 Å². The van der Waals surface area contributed by atoms with Gasteiger partial charge in [0.2, 0.25) is 0 Å². The normalized spacial score (nSPS) is 23.8. The minimum Gasteiger partial charge on any atom is -0.0629 e. The maximum Gasteiger partial charge on any atom is 0.00255 e. The van der Waals surface area contributed by atoms with Gasteiger partial charge in [0.25, 0.3) is 0 Å². The van der Waals surface area contributed by atoms with Gasteiger partial charge in [0, 0.05) is 5.92 Å². The van der Waals surface area contributed by atoms with Crippen molar-refractivity contribution >= 4 is 0 Å². The Balaban J connectivity index is 2.16. The van der Waals surface area contributed by atoms with Crippen molar-refractivity contribution in [3.8, 4) is 0 Å². The SMILES string of the molecule is CC1=C(C)C(C)C(/C=C/C=C2C=CC=C2)=C1C. The second-order valence-corrected chi connectivity index (χ2v) is 4.85. The molecule has 2 aliphatic rings. The summed E-state index contributed by atoms with van der Waals surface area (Å²) in [5, 5.41) is 0. The quantitative estimate of drug-likeness (QED) is 0.626. The minimum absolute atomic E-state index is 0.569. The van der Waals surface area contributed by atoms with Gasteiger partial charge in [-0.2, -0.15) is 0 Å². The number of hydrogen-bond acceptors (Lipinski definition) is 0. The molecule has 2 aliphatic carbocycles. The first-order valence-electron chi connectivity index (χ1n) is 6.23. The summed E-state index contributed by atoms with van der Waals surface area (Å²) in [6.45, 7) is 8.98. The molecular formula is C17H20. The Labute approximate surface area is 104 Å². The molecule has 17 heavy (non-hydrogen) atoms. The second-order valence-electron chi connectivity index (χ2n) is 4.85. The molecule has 0 spiro atoms. The van der Waals surface area contributed by atoms with Gasteiger partial charge >= 0.3 is 0 Å². The minimum atomic E-state index is 0.569. The Morgan fingerprint density at radius 2 is 1.65 bits per heavy atom. The predicted molar refractivity (Wildman–Crippen MR) is 75.7 cm³/mol. The highest BCUT2D eigenvalue weighted by Crippen LogP contribution is 2.37. The van der Waals surface area contributed by atoms with Crippen molar-refractivity contribution in [2.75, 3.05) is 0 Å². The summed E-state index contributed by atoms with van der Waals surface area (Å²) < 4.78 is 0. The van der Waals surface area contributed by atoms with E-state index >= 15 is 0 Å². The van der Waals surface area contributed by atoms with E-state index < -0.39 is 0 Å². The molecule has 0 bridgehead atoms. The van der Waals surface area contributed by atoms with Crippen LogP contribution in [0.3, 0.4) is 0 Å². The molecule has 0 aromatic carbocycles. The lowest BCUT2D eigenvalue weighted by molar-refractivity contribution is 0.837. The van der Waals surface area contributed by atoms with E-state index in [1.165, 1.54) is 27.9 Å². The lowest BCUT2D eigenvalue weighted by atomic mass is 9.97. The molecular weight excluding hydrogens is 204 g/mol. The van der Waals surface area contributed by atoms with Crippen LogP contribution in [0.4, 0.5) is 0 Å². The molecule has 0 saturated carbocycles. The summed E-state index contributed by atoms with van der Waals surface area (Å²) in [6.07, 6.45) is 15.0. The molecule has 1 atom stereocenters. The van der Waals surface area contributed by atoms with E-state index in [1.807, 2.05) is 0 Å². The zero-order valence-corrected chi connectivity index (χ0v) is 11.1. The van der Waals surface area contributed by atoms with Crippen LogP contribution in [0.2, 0.25) is 0 Å². The highest BCUT2D eigenvalue weighted by Gasteiger charge is 2.20. The molecule has 2 rings (SSSR count). The molecule has 0 nitrogen and oxygen atoms in total. The van der Waals surface area contributed by atoms with Gasteiger partial charge in [-0.1, -0.05) is 55.0 Å². The summed E-state index contributed by atoms with van der Waals surface area (Å²) in [6, 6.07) is 0. The molecule has 0 radical (unpaired) electrons. The summed E-state index contributed by atoms with van der Waals surface area (Å²) in [4.78, 5) is 0. The van der Waals surface area contributed by atoms with Crippen LogP contribution in [0.25, 0.3) is 0 Å². The van der Waals surface area contributed by atoms with Gasteiger partial charge in [0.05, 0.1) is 0 Å². The fourth-order valence-corrected chi connectivity index (χ4v) is 2.43. The van der Waals surface area contributed by atoms with Gasteiger partial charge in [0.15, 0.2) is 0 Å². The van der Waals surface area contributed by atoms with Crippen molar-refractivity contribution in [2.24, 2.45) is 5.92 Å². The van der Waals surface area contributed by atoms with Crippen molar-refractivity contribution in [1.82, 2.24) is 0 Å². The lowest BCUT2D eigenvalue weighted by Crippen LogP contribution is -1.94. The van der Waals surface area contributed by atoms with Crippen LogP contribution in [0.5, 0.6) is 0 Å². The fraction of sp³-hybridized carbons (Fsp3) is 0.294. The Hall–Kier alpha value is -1.56. The third-order valence-corrected chi connectivity index (χ3v) is 3.96. The molecule has 0 aromatic rings. The topological polar surface area (TPSA) is 0 Å². The van der Waals surface area contributed by atoms with Crippen LogP contribution < -0.4 is 0 Å². The molecule has 0 heterocycles. The van der Waals surface area contributed by atoms with Crippen LogP contribution in [0.15, 0.2) is 70.4 Å². The van der Waals surface area contributed by atoms with Gasteiger partial charge in [-0.25, -0.2) is 0 Å². The maximum absolute atomic E-state index is 2.29. The molecule has 0 amide bonds. The maximum atomic E-state index is 2.29. The largest absolute Gasteiger partial charge is 0.0629 e. The number of hydrogen-bond donors (Lipinski definition) is 0. The molecule has 88 valence electrons. The highest BCUT2D eigenvalue weighted by molar-refractivity contribution is 5.51. The smallest absolute Gasteiger partial charge is 0.00255 e. The second kappa shape index (κ2) is 4.75. The first-order chi connectivity index (χ1) is 8.11. The Bertz CT molecular complexity index is 488. The van der Waals surface area contributed by atoms with E-state index in [0.717, 1.165) is 0 Å². The first kappa shape index (κ1) is 11.9. The summed E-state index contributed by atoms with van der Waals surface area (Å²) in [7, 11) is 0. The van der Waals surface area contributed by atoms with E-state index in [9.17, 15) is 0 Å². The highest BCUT2D eigenvalue weighted by atomic mass is 14.3. The van der Waals surface area contributed by atoms with E-state index in [-0.39, 0.29) is 0 Å². The van der Waals surface area contributed by atoms with Gasteiger partial charge in [0.1, 0.15) is 0 Å². The molecule has 1 unspecified atom stereocenters. The zero-order valence-electron chi connectivity index (χ0n) is 11.1. The summed E-state index contributed by atoms with van der Waals surface area (Å²) in [5.74, 6) is 0.569.